The quantitative estimate of drug-likeness (QED) is 0.531. The molecule has 80 valence electrons. The Balaban J connectivity index is 2.16. The summed E-state index contributed by atoms with van der Waals surface area (Å²) in [5.74, 6) is -0.408. The molecule has 4 nitrogen and oxygen atoms in total. The van der Waals surface area contributed by atoms with E-state index in [1.807, 2.05) is 0 Å². The Bertz CT molecular complexity index is 215. The summed E-state index contributed by atoms with van der Waals surface area (Å²) in [7, 11) is 0. The molecule has 1 saturated heterocycles. The number of carbonyl (C=O) groups excluding carboxylic acids is 2. The van der Waals surface area contributed by atoms with Crippen LogP contribution in [0.5, 0.6) is 0 Å². The van der Waals surface area contributed by atoms with Gasteiger partial charge in [0.25, 0.3) is 5.91 Å². The van der Waals surface area contributed by atoms with Gasteiger partial charge in [0.05, 0.1) is 0 Å². The smallest absolute Gasteiger partial charge is 0.306 e. The normalized spacial score (nSPS) is 20.6. The fourth-order valence-corrected chi connectivity index (χ4v) is 1.42. The first-order valence-corrected chi connectivity index (χ1v) is 5.21. The molecule has 1 unspecified atom stereocenters. The number of ether oxygens (including phenoxy) is 1. The Labute approximate surface area is 84.0 Å². The summed E-state index contributed by atoms with van der Waals surface area (Å²) in [5, 5.41) is 2.63. The second-order valence-corrected chi connectivity index (χ2v) is 3.52. The minimum absolute atomic E-state index is 0.158. The van der Waals surface area contributed by atoms with E-state index < -0.39 is 6.10 Å². The van der Waals surface area contributed by atoms with Gasteiger partial charge >= 0.3 is 5.97 Å². The molecule has 1 rings (SSSR count). The van der Waals surface area contributed by atoms with E-state index in [1.165, 1.54) is 0 Å². The Hall–Kier alpha value is -1.06. The maximum absolute atomic E-state index is 11.2. The van der Waals surface area contributed by atoms with Crippen LogP contribution in [0.2, 0.25) is 0 Å². The van der Waals surface area contributed by atoms with E-state index >= 15 is 0 Å². The molecule has 0 aromatic rings. The van der Waals surface area contributed by atoms with Crippen LogP contribution >= 0.6 is 0 Å². The topological polar surface area (TPSA) is 55.4 Å². The summed E-state index contributed by atoms with van der Waals surface area (Å²) >= 11 is 0. The molecule has 0 aliphatic carbocycles. The van der Waals surface area contributed by atoms with Crippen molar-refractivity contribution in [3.05, 3.63) is 0 Å². The summed E-state index contributed by atoms with van der Waals surface area (Å²) in [6.45, 7) is 2.70. The molecule has 1 aliphatic heterocycles. The van der Waals surface area contributed by atoms with Crippen molar-refractivity contribution < 1.29 is 14.3 Å². The molecule has 1 heterocycles. The Kier molecular flexibility index (Phi) is 4.43. The molecular weight excluding hydrogens is 182 g/mol. The number of hydrogen-bond acceptors (Lipinski definition) is 3. The number of hydrogen-bond donors (Lipinski definition) is 1. The molecule has 14 heavy (non-hydrogen) atoms. The molecule has 0 bridgehead atoms. The van der Waals surface area contributed by atoms with Gasteiger partial charge in [0, 0.05) is 19.4 Å². The lowest BCUT2D eigenvalue weighted by Gasteiger charge is -2.08. The van der Waals surface area contributed by atoms with Crippen LogP contribution in [0.25, 0.3) is 0 Å². The SMILES string of the molecule is CCCCCC(=O)OC1CCNC1=O. The highest BCUT2D eigenvalue weighted by Gasteiger charge is 2.27. The van der Waals surface area contributed by atoms with Gasteiger partial charge < -0.3 is 10.1 Å². The number of carbonyl (C=O) groups is 2. The van der Waals surface area contributed by atoms with Gasteiger partial charge in [-0.2, -0.15) is 0 Å². The van der Waals surface area contributed by atoms with Gasteiger partial charge in [-0.15, -0.1) is 0 Å². The molecule has 0 aromatic heterocycles. The first kappa shape index (κ1) is 11.0. The molecule has 0 aromatic carbocycles. The fourth-order valence-electron chi connectivity index (χ4n) is 1.42. The zero-order valence-electron chi connectivity index (χ0n) is 8.54. The molecule has 0 saturated carbocycles. The maximum Gasteiger partial charge on any atom is 0.306 e. The van der Waals surface area contributed by atoms with Crippen LogP contribution < -0.4 is 5.32 Å². The highest BCUT2D eigenvalue weighted by atomic mass is 16.5. The van der Waals surface area contributed by atoms with Gasteiger partial charge in [-0.25, -0.2) is 0 Å². The van der Waals surface area contributed by atoms with Gasteiger partial charge in [-0.05, 0) is 6.42 Å². The van der Waals surface area contributed by atoms with Crippen molar-refractivity contribution >= 4 is 11.9 Å². The van der Waals surface area contributed by atoms with E-state index in [2.05, 4.69) is 12.2 Å². The van der Waals surface area contributed by atoms with Gasteiger partial charge in [0.2, 0.25) is 0 Å². The molecule has 1 fully saturated rings. The van der Waals surface area contributed by atoms with E-state index in [0.717, 1.165) is 19.3 Å². The first-order valence-electron chi connectivity index (χ1n) is 5.21. The molecule has 1 atom stereocenters. The van der Waals surface area contributed by atoms with Crippen LogP contribution in [0.4, 0.5) is 0 Å². The van der Waals surface area contributed by atoms with Crippen molar-refractivity contribution in [1.82, 2.24) is 5.32 Å². The predicted octanol–water partition coefficient (Wildman–Crippen LogP) is 0.998. The number of esters is 1. The summed E-state index contributed by atoms with van der Waals surface area (Å²) in [6, 6.07) is 0. The molecule has 0 radical (unpaired) electrons. The number of nitrogens with one attached hydrogen (secondary N) is 1. The van der Waals surface area contributed by atoms with E-state index in [0.29, 0.717) is 19.4 Å². The van der Waals surface area contributed by atoms with Crippen molar-refractivity contribution in [2.45, 2.75) is 45.1 Å². The maximum atomic E-state index is 11.2. The minimum Gasteiger partial charge on any atom is -0.452 e. The second-order valence-electron chi connectivity index (χ2n) is 3.52. The summed E-state index contributed by atoms with van der Waals surface area (Å²) in [5.41, 5.74) is 0. The largest absolute Gasteiger partial charge is 0.452 e. The highest BCUT2D eigenvalue weighted by molar-refractivity contribution is 5.85. The number of rotatable bonds is 5. The van der Waals surface area contributed by atoms with Crippen molar-refractivity contribution in [1.29, 1.82) is 0 Å². The van der Waals surface area contributed by atoms with Crippen molar-refractivity contribution in [2.24, 2.45) is 0 Å². The average Bonchev–Trinajstić information content (AvgIpc) is 2.52. The Morgan fingerprint density at radius 3 is 2.93 bits per heavy atom. The van der Waals surface area contributed by atoms with Gasteiger partial charge in [-0.3, -0.25) is 9.59 Å². The third-order valence-corrected chi connectivity index (χ3v) is 2.26. The van der Waals surface area contributed by atoms with Gasteiger partial charge in [0.1, 0.15) is 0 Å². The molecular formula is C10H17NO3. The summed E-state index contributed by atoms with van der Waals surface area (Å²) in [6.07, 6.45) is 3.46. The monoisotopic (exact) mass is 199 g/mol. The second kappa shape index (κ2) is 5.62. The van der Waals surface area contributed by atoms with Crippen LogP contribution in [-0.2, 0) is 14.3 Å². The standard InChI is InChI=1S/C10H17NO3/c1-2-3-4-5-9(12)14-8-6-7-11-10(8)13/h8H,2-7H2,1H3,(H,11,13). The third kappa shape index (κ3) is 3.36. The van der Waals surface area contributed by atoms with Crippen molar-refractivity contribution in [2.75, 3.05) is 6.54 Å². The summed E-state index contributed by atoms with van der Waals surface area (Å²) in [4.78, 5) is 22.3. The first-order chi connectivity index (χ1) is 6.74. The van der Waals surface area contributed by atoms with Crippen LogP contribution in [0.1, 0.15) is 39.0 Å². The molecule has 1 N–H and O–H groups in total. The molecule has 1 amide bonds. The van der Waals surface area contributed by atoms with Crippen molar-refractivity contribution in [3.8, 4) is 0 Å². The fraction of sp³-hybridized carbons (Fsp3) is 0.800. The lowest BCUT2D eigenvalue weighted by molar-refractivity contribution is -0.154. The van der Waals surface area contributed by atoms with Crippen LogP contribution in [-0.4, -0.2) is 24.5 Å². The zero-order valence-corrected chi connectivity index (χ0v) is 8.54. The van der Waals surface area contributed by atoms with Crippen LogP contribution in [0, 0.1) is 0 Å². The highest BCUT2D eigenvalue weighted by Crippen LogP contribution is 2.08. The van der Waals surface area contributed by atoms with E-state index in [9.17, 15) is 9.59 Å². The summed E-state index contributed by atoms with van der Waals surface area (Å²) < 4.78 is 5.02. The van der Waals surface area contributed by atoms with Gasteiger partial charge in [0.15, 0.2) is 6.10 Å². The molecule has 1 aliphatic rings. The van der Waals surface area contributed by atoms with Crippen molar-refractivity contribution in [3.63, 3.8) is 0 Å². The lowest BCUT2D eigenvalue weighted by atomic mass is 10.2. The Morgan fingerprint density at radius 2 is 2.36 bits per heavy atom. The predicted molar refractivity (Wildman–Crippen MR) is 51.6 cm³/mol. The Morgan fingerprint density at radius 1 is 1.57 bits per heavy atom. The van der Waals surface area contributed by atoms with E-state index in [1.54, 1.807) is 0 Å². The number of amides is 1. The van der Waals surface area contributed by atoms with Gasteiger partial charge in [-0.1, -0.05) is 19.8 Å². The zero-order chi connectivity index (χ0) is 10.4. The minimum atomic E-state index is -0.538. The lowest BCUT2D eigenvalue weighted by Crippen LogP contribution is -2.27. The van der Waals surface area contributed by atoms with Crippen LogP contribution in [0.15, 0.2) is 0 Å². The third-order valence-electron chi connectivity index (χ3n) is 2.26. The van der Waals surface area contributed by atoms with E-state index in [-0.39, 0.29) is 11.9 Å². The molecule has 0 spiro atoms. The van der Waals surface area contributed by atoms with E-state index in [4.69, 9.17) is 4.74 Å². The van der Waals surface area contributed by atoms with Crippen LogP contribution in [0.3, 0.4) is 0 Å². The molecule has 4 heteroatoms. The average molecular weight is 199 g/mol. The number of unbranched alkanes of at least 4 members (excludes halogenated alkanes) is 2.